The second-order valence-corrected chi connectivity index (χ2v) is 4.23. The molecule has 14 heavy (non-hydrogen) atoms. The molecule has 0 spiro atoms. The molecule has 1 unspecified atom stereocenters. The highest BCUT2D eigenvalue weighted by Gasteiger charge is 2.10. The summed E-state index contributed by atoms with van der Waals surface area (Å²) in [7, 11) is 2.04. The highest BCUT2D eigenvalue weighted by Crippen LogP contribution is 2.16. The molecule has 1 aliphatic heterocycles. The van der Waals surface area contributed by atoms with Crippen LogP contribution in [0.1, 0.15) is 33.1 Å². The lowest BCUT2D eigenvalue weighted by molar-refractivity contribution is 0.307. The molecule has 1 rings (SSSR count). The average Bonchev–Trinajstić information content (AvgIpc) is 2.26. The standard InChI is InChI=1S/C12H24N2/c1-4-14-9-7-12(8-10-14)6-5-11(2)13-3/h7,11,13H,4-6,8-10H2,1-3H3. The third-order valence-electron chi connectivity index (χ3n) is 3.23. The van der Waals surface area contributed by atoms with E-state index in [-0.39, 0.29) is 0 Å². The van der Waals surface area contributed by atoms with Crippen LogP contribution in [0.4, 0.5) is 0 Å². The summed E-state index contributed by atoms with van der Waals surface area (Å²) >= 11 is 0. The molecule has 0 aromatic heterocycles. The number of hydrogen-bond acceptors (Lipinski definition) is 2. The zero-order chi connectivity index (χ0) is 10.4. The van der Waals surface area contributed by atoms with Crippen molar-refractivity contribution in [2.24, 2.45) is 0 Å². The fraction of sp³-hybridized carbons (Fsp3) is 0.833. The Kier molecular flexibility index (Phi) is 5.20. The van der Waals surface area contributed by atoms with E-state index in [0.717, 1.165) is 0 Å². The molecule has 2 heteroatoms. The second-order valence-electron chi connectivity index (χ2n) is 4.23. The van der Waals surface area contributed by atoms with Gasteiger partial charge in [-0.05, 0) is 39.8 Å². The molecule has 0 fully saturated rings. The van der Waals surface area contributed by atoms with Crippen LogP contribution in [0.2, 0.25) is 0 Å². The van der Waals surface area contributed by atoms with Gasteiger partial charge < -0.3 is 5.32 Å². The lowest BCUT2D eigenvalue weighted by Gasteiger charge is -2.25. The average molecular weight is 196 g/mol. The summed E-state index contributed by atoms with van der Waals surface area (Å²) in [4.78, 5) is 2.49. The molecule has 82 valence electrons. The number of hydrogen-bond donors (Lipinski definition) is 1. The third kappa shape index (κ3) is 3.81. The molecule has 0 aliphatic carbocycles. The Balaban J connectivity index is 2.23. The lowest BCUT2D eigenvalue weighted by Crippen LogP contribution is -2.28. The van der Waals surface area contributed by atoms with Crippen molar-refractivity contribution in [3.63, 3.8) is 0 Å². The first-order valence-corrected chi connectivity index (χ1v) is 5.83. The van der Waals surface area contributed by atoms with Gasteiger partial charge in [0.15, 0.2) is 0 Å². The fourth-order valence-corrected chi connectivity index (χ4v) is 1.81. The van der Waals surface area contributed by atoms with E-state index in [9.17, 15) is 0 Å². The van der Waals surface area contributed by atoms with E-state index in [0.29, 0.717) is 6.04 Å². The van der Waals surface area contributed by atoms with E-state index < -0.39 is 0 Å². The molecule has 0 aromatic rings. The van der Waals surface area contributed by atoms with Crippen molar-refractivity contribution in [2.45, 2.75) is 39.2 Å². The highest BCUT2D eigenvalue weighted by molar-refractivity contribution is 5.07. The van der Waals surface area contributed by atoms with E-state index in [1.165, 1.54) is 38.9 Å². The maximum Gasteiger partial charge on any atom is 0.0165 e. The van der Waals surface area contributed by atoms with Gasteiger partial charge in [0.1, 0.15) is 0 Å². The lowest BCUT2D eigenvalue weighted by atomic mass is 10.0. The van der Waals surface area contributed by atoms with Crippen LogP contribution in [-0.4, -0.2) is 37.6 Å². The Hall–Kier alpha value is -0.340. The third-order valence-corrected chi connectivity index (χ3v) is 3.23. The molecular weight excluding hydrogens is 172 g/mol. The Bertz CT molecular complexity index is 187. The summed E-state index contributed by atoms with van der Waals surface area (Å²) in [5, 5.41) is 3.29. The van der Waals surface area contributed by atoms with Gasteiger partial charge in [0.2, 0.25) is 0 Å². The molecule has 1 N–H and O–H groups in total. The van der Waals surface area contributed by atoms with Gasteiger partial charge in [0.25, 0.3) is 0 Å². The predicted octanol–water partition coefficient (Wildman–Crippen LogP) is 2.03. The molecule has 1 atom stereocenters. The topological polar surface area (TPSA) is 15.3 Å². The van der Waals surface area contributed by atoms with Crippen LogP contribution in [0, 0.1) is 0 Å². The first kappa shape index (κ1) is 11.7. The van der Waals surface area contributed by atoms with Crippen molar-refractivity contribution in [3.05, 3.63) is 11.6 Å². The van der Waals surface area contributed by atoms with Gasteiger partial charge in [-0.25, -0.2) is 0 Å². The minimum atomic E-state index is 0.653. The van der Waals surface area contributed by atoms with Crippen LogP contribution in [0.3, 0.4) is 0 Å². The van der Waals surface area contributed by atoms with Gasteiger partial charge in [-0.2, -0.15) is 0 Å². The Morgan fingerprint density at radius 2 is 2.36 bits per heavy atom. The Labute approximate surface area is 88.4 Å². The van der Waals surface area contributed by atoms with E-state index in [1.54, 1.807) is 5.57 Å². The minimum absolute atomic E-state index is 0.653. The molecule has 0 amide bonds. The number of nitrogens with one attached hydrogen (secondary N) is 1. The summed E-state index contributed by atoms with van der Waals surface area (Å²) in [6.07, 6.45) is 6.26. The summed E-state index contributed by atoms with van der Waals surface area (Å²) < 4.78 is 0. The molecule has 0 bridgehead atoms. The van der Waals surface area contributed by atoms with Gasteiger partial charge >= 0.3 is 0 Å². The maximum absolute atomic E-state index is 3.29. The van der Waals surface area contributed by atoms with Crippen molar-refractivity contribution >= 4 is 0 Å². The first-order valence-electron chi connectivity index (χ1n) is 5.83. The van der Waals surface area contributed by atoms with Crippen molar-refractivity contribution in [1.82, 2.24) is 10.2 Å². The van der Waals surface area contributed by atoms with Crippen LogP contribution < -0.4 is 5.32 Å². The van der Waals surface area contributed by atoms with Gasteiger partial charge in [-0.15, -0.1) is 0 Å². The van der Waals surface area contributed by atoms with Gasteiger partial charge in [-0.1, -0.05) is 18.6 Å². The van der Waals surface area contributed by atoms with E-state index in [4.69, 9.17) is 0 Å². The molecular formula is C12H24N2. The SMILES string of the molecule is CCN1CC=C(CCC(C)NC)CC1. The summed E-state index contributed by atoms with van der Waals surface area (Å²) in [6, 6.07) is 0.653. The van der Waals surface area contributed by atoms with Crippen LogP contribution in [0.5, 0.6) is 0 Å². The van der Waals surface area contributed by atoms with Crippen LogP contribution >= 0.6 is 0 Å². The first-order chi connectivity index (χ1) is 6.76. The molecule has 0 aromatic carbocycles. The molecule has 0 saturated carbocycles. The van der Waals surface area contributed by atoms with Gasteiger partial charge in [0, 0.05) is 19.1 Å². The van der Waals surface area contributed by atoms with Crippen molar-refractivity contribution in [2.75, 3.05) is 26.7 Å². The maximum atomic E-state index is 3.29. The number of nitrogens with zero attached hydrogens (tertiary/aromatic N) is 1. The molecule has 1 heterocycles. The minimum Gasteiger partial charge on any atom is -0.317 e. The molecule has 2 nitrogen and oxygen atoms in total. The van der Waals surface area contributed by atoms with Crippen molar-refractivity contribution in [3.8, 4) is 0 Å². The largest absolute Gasteiger partial charge is 0.317 e. The zero-order valence-corrected chi connectivity index (χ0v) is 9.84. The Morgan fingerprint density at radius 1 is 1.57 bits per heavy atom. The van der Waals surface area contributed by atoms with Gasteiger partial charge in [-0.3, -0.25) is 4.90 Å². The molecule has 1 aliphatic rings. The second kappa shape index (κ2) is 6.20. The quantitative estimate of drug-likeness (QED) is 0.677. The Morgan fingerprint density at radius 3 is 2.86 bits per heavy atom. The van der Waals surface area contributed by atoms with Crippen molar-refractivity contribution in [1.29, 1.82) is 0 Å². The van der Waals surface area contributed by atoms with Crippen molar-refractivity contribution < 1.29 is 0 Å². The summed E-state index contributed by atoms with van der Waals surface area (Å²) in [6.45, 7) is 8.11. The summed E-state index contributed by atoms with van der Waals surface area (Å²) in [5.74, 6) is 0. The normalized spacial score (nSPS) is 20.6. The van der Waals surface area contributed by atoms with E-state index >= 15 is 0 Å². The molecule has 0 radical (unpaired) electrons. The van der Waals surface area contributed by atoms with E-state index in [1.807, 2.05) is 7.05 Å². The smallest absolute Gasteiger partial charge is 0.0165 e. The van der Waals surface area contributed by atoms with Crippen LogP contribution in [0.15, 0.2) is 11.6 Å². The van der Waals surface area contributed by atoms with Crippen LogP contribution in [0.25, 0.3) is 0 Å². The predicted molar refractivity (Wildman–Crippen MR) is 62.6 cm³/mol. The molecule has 0 saturated heterocycles. The van der Waals surface area contributed by atoms with E-state index in [2.05, 4.69) is 30.1 Å². The summed E-state index contributed by atoms with van der Waals surface area (Å²) in [5.41, 5.74) is 1.66. The van der Waals surface area contributed by atoms with Gasteiger partial charge in [0.05, 0.1) is 0 Å². The number of rotatable bonds is 5. The van der Waals surface area contributed by atoms with Crippen LogP contribution in [-0.2, 0) is 0 Å². The highest BCUT2D eigenvalue weighted by atomic mass is 15.1. The monoisotopic (exact) mass is 196 g/mol. The fourth-order valence-electron chi connectivity index (χ4n) is 1.81. The number of likely N-dealkylation sites (N-methyl/N-ethyl adjacent to an activating group) is 1. The zero-order valence-electron chi connectivity index (χ0n) is 9.84.